The lowest BCUT2D eigenvalue weighted by Gasteiger charge is -2.35. The predicted octanol–water partition coefficient (Wildman–Crippen LogP) is 3.62. The summed E-state index contributed by atoms with van der Waals surface area (Å²) < 4.78 is 14.3. The number of guanidine groups is 1. The maximum absolute atomic E-state index is 14.3. The summed E-state index contributed by atoms with van der Waals surface area (Å²) in [7, 11) is 0. The first-order chi connectivity index (χ1) is 13.0. The van der Waals surface area contributed by atoms with Crippen LogP contribution in [0, 0.1) is 19.7 Å². The van der Waals surface area contributed by atoms with Crippen LogP contribution in [0.3, 0.4) is 0 Å². The van der Waals surface area contributed by atoms with Gasteiger partial charge >= 0.3 is 0 Å². The highest BCUT2D eigenvalue weighted by molar-refractivity contribution is 7.11. The Balaban J connectivity index is 1.65. The molecule has 5 nitrogen and oxygen atoms in total. The van der Waals surface area contributed by atoms with Crippen molar-refractivity contribution in [3.05, 3.63) is 45.7 Å². The fourth-order valence-corrected chi connectivity index (χ4v) is 4.02. The second kappa shape index (κ2) is 9.17. The van der Waals surface area contributed by atoms with Crippen LogP contribution in [0.25, 0.3) is 0 Å². The zero-order valence-electron chi connectivity index (χ0n) is 16.3. The van der Waals surface area contributed by atoms with Crippen molar-refractivity contribution < 1.29 is 4.39 Å². The molecule has 1 aliphatic rings. The first kappa shape index (κ1) is 19.6. The SMILES string of the molecule is CCNC(=NCc1ncc(C)s1)NC1CCCN(c2cc(C)ccc2F)C1. The predicted molar refractivity (Wildman–Crippen MR) is 111 cm³/mol. The van der Waals surface area contributed by atoms with Gasteiger partial charge in [0, 0.05) is 36.8 Å². The lowest BCUT2D eigenvalue weighted by atomic mass is 10.0. The zero-order valence-corrected chi connectivity index (χ0v) is 17.1. The number of aliphatic imine (C=N–C) groups is 1. The van der Waals surface area contributed by atoms with Crippen molar-refractivity contribution in [1.29, 1.82) is 0 Å². The van der Waals surface area contributed by atoms with Crippen LogP contribution in [0.2, 0.25) is 0 Å². The van der Waals surface area contributed by atoms with E-state index in [0.29, 0.717) is 12.2 Å². The monoisotopic (exact) mass is 389 g/mol. The van der Waals surface area contributed by atoms with Gasteiger partial charge < -0.3 is 15.5 Å². The van der Waals surface area contributed by atoms with Gasteiger partial charge in [0.25, 0.3) is 0 Å². The van der Waals surface area contributed by atoms with Crippen LogP contribution in [0.15, 0.2) is 29.4 Å². The summed E-state index contributed by atoms with van der Waals surface area (Å²) in [6, 6.07) is 5.54. The third-order valence-corrected chi connectivity index (χ3v) is 5.49. The molecule has 1 aromatic heterocycles. The van der Waals surface area contributed by atoms with Gasteiger partial charge in [-0.25, -0.2) is 14.4 Å². The van der Waals surface area contributed by atoms with Gasteiger partial charge in [-0.05, 0) is 51.3 Å². The smallest absolute Gasteiger partial charge is 0.191 e. The Hall–Kier alpha value is -2.15. The van der Waals surface area contributed by atoms with Gasteiger partial charge in [0.2, 0.25) is 0 Å². The van der Waals surface area contributed by atoms with Crippen LogP contribution in [0.1, 0.15) is 35.2 Å². The van der Waals surface area contributed by atoms with Crippen LogP contribution >= 0.6 is 11.3 Å². The minimum Gasteiger partial charge on any atom is -0.367 e. The first-order valence-electron chi connectivity index (χ1n) is 9.52. The molecule has 0 spiro atoms. The summed E-state index contributed by atoms with van der Waals surface area (Å²) in [5.41, 5.74) is 1.77. The molecule has 0 radical (unpaired) electrons. The summed E-state index contributed by atoms with van der Waals surface area (Å²) >= 11 is 1.67. The summed E-state index contributed by atoms with van der Waals surface area (Å²) in [6.45, 7) is 9.11. The Kier molecular flexibility index (Phi) is 6.66. The van der Waals surface area contributed by atoms with E-state index in [1.807, 2.05) is 25.3 Å². The van der Waals surface area contributed by atoms with Crippen molar-refractivity contribution in [3.63, 3.8) is 0 Å². The number of aryl methyl sites for hydroxylation is 2. The van der Waals surface area contributed by atoms with Crippen molar-refractivity contribution in [2.24, 2.45) is 4.99 Å². The second-order valence-electron chi connectivity index (χ2n) is 6.94. The van der Waals surface area contributed by atoms with E-state index in [0.717, 1.165) is 49.0 Å². The number of hydrogen-bond acceptors (Lipinski definition) is 4. The molecular weight excluding hydrogens is 361 g/mol. The minimum absolute atomic E-state index is 0.152. The van der Waals surface area contributed by atoms with E-state index in [1.54, 1.807) is 17.4 Å². The molecule has 1 aliphatic heterocycles. The van der Waals surface area contributed by atoms with Crippen LogP contribution in [0.4, 0.5) is 10.1 Å². The van der Waals surface area contributed by atoms with E-state index < -0.39 is 0 Å². The Morgan fingerprint density at radius 1 is 1.41 bits per heavy atom. The molecule has 0 aliphatic carbocycles. The molecule has 27 heavy (non-hydrogen) atoms. The molecule has 0 bridgehead atoms. The number of hydrogen-bond donors (Lipinski definition) is 2. The van der Waals surface area contributed by atoms with Gasteiger partial charge in [0.05, 0.1) is 12.2 Å². The zero-order chi connectivity index (χ0) is 19.2. The van der Waals surface area contributed by atoms with E-state index in [-0.39, 0.29) is 11.9 Å². The number of thiazole rings is 1. The normalized spacial score (nSPS) is 17.9. The minimum atomic E-state index is -0.152. The van der Waals surface area contributed by atoms with Crippen molar-refractivity contribution in [3.8, 4) is 0 Å². The van der Waals surface area contributed by atoms with Gasteiger partial charge in [0.1, 0.15) is 10.8 Å². The molecule has 1 fully saturated rings. The fraction of sp³-hybridized carbons (Fsp3) is 0.500. The van der Waals surface area contributed by atoms with Crippen LogP contribution in [-0.2, 0) is 6.54 Å². The number of nitrogens with zero attached hydrogens (tertiary/aromatic N) is 3. The van der Waals surface area contributed by atoms with E-state index in [4.69, 9.17) is 0 Å². The first-order valence-corrected chi connectivity index (χ1v) is 10.3. The lowest BCUT2D eigenvalue weighted by Crippen LogP contribution is -2.51. The fourth-order valence-electron chi connectivity index (χ4n) is 3.31. The van der Waals surface area contributed by atoms with Crippen molar-refractivity contribution in [2.75, 3.05) is 24.5 Å². The number of anilines is 1. The molecule has 1 saturated heterocycles. The molecule has 0 saturated carbocycles. The molecule has 2 N–H and O–H groups in total. The van der Waals surface area contributed by atoms with E-state index in [9.17, 15) is 4.39 Å². The number of nitrogens with one attached hydrogen (secondary N) is 2. The van der Waals surface area contributed by atoms with E-state index in [1.165, 1.54) is 4.88 Å². The third-order valence-electron chi connectivity index (χ3n) is 4.59. The quantitative estimate of drug-likeness (QED) is 0.606. The molecule has 2 aromatic rings. The standard InChI is InChI=1S/C20H28FN5S/c1-4-22-20(24-12-19-23-11-15(3)27-19)25-16-6-5-9-26(13-16)18-10-14(2)7-8-17(18)21/h7-8,10-11,16H,4-6,9,12-13H2,1-3H3,(H2,22,24,25). The topological polar surface area (TPSA) is 52.6 Å². The van der Waals surface area contributed by atoms with Gasteiger partial charge in [-0.15, -0.1) is 11.3 Å². The Labute approximate surface area is 164 Å². The highest BCUT2D eigenvalue weighted by Gasteiger charge is 2.23. The Bertz CT molecular complexity index is 788. The number of rotatable bonds is 5. The molecular formula is C20H28FN5S. The maximum atomic E-state index is 14.3. The Morgan fingerprint density at radius 3 is 3.00 bits per heavy atom. The average Bonchev–Trinajstić information content (AvgIpc) is 3.07. The second-order valence-corrected chi connectivity index (χ2v) is 8.26. The number of aromatic nitrogens is 1. The van der Waals surface area contributed by atoms with Crippen LogP contribution in [-0.4, -0.2) is 36.6 Å². The van der Waals surface area contributed by atoms with Crippen molar-refractivity contribution in [2.45, 2.75) is 46.2 Å². The summed E-state index contributed by atoms with van der Waals surface area (Å²) in [4.78, 5) is 12.4. The van der Waals surface area contributed by atoms with Gasteiger partial charge in [-0.3, -0.25) is 0 Å². The van der Waals surface area contributed by atoms with Gasteiger partial charge in [-0.2, -0.15) is 0 Å². The highest BCUT2D eigenvalue weighted by atomic mass is 32.1. The molecule has 1 atom stereocenters. The highest BCUT2D eigenvalue weighted by Crippen LogP contribution is 2.24. The van der Waals surface area contributed by atoms with Gasteiger partial charge in [-0.1, -0.05) is 6.07 Å². The summed E-state index contributed by atoms with van der Waals surface area (Å²) in [5, 5.41) is 7.84. The lowest BCUT2D eigenvalue weighted by molar-refractivity contribution is 0.462. The molecule has 3 rings (SSSR count). The van der Waals surface area contributed by atoms with Crippen LogP contribution < -0.4 is 15.5 Å². The molecule has 1 aromatic carbocycles. The number of piperidine rings is 1. The Morgan fingerprint density at radius 2 is 2.26 bits per heavy atom. The molecule has 2 heterocycles. The van der Waals surface area contributed by atoms with E-state index >= 15 is 0 Å². The third kappa shape index (κ3) is 5.42. The molecule has 7 heteroatoms. The van der Waals surface area contributed by atoms with Crippen molar-refractivity contribution >= 4 is 23.0 Å². The van der Waals surface area contributed by atoms with Gasteiger partial charge in [0.15, 0.2) is 5.96 Å². The maximum Gasteiger partial charge on any atom is 0.191 e. The van der Waals surface area contributed by atoms with Crippen molar-refractivity contribution in [1.82, 2.24) is 15.6 Å². The number of halogens is 1. The molecule has 0 amide bonds. The van der Waals surface area contributed by atoms with E-state index in [2.05, 4.69) is 39.4 Å². The number of benzene rings is 1. The largest absolute Gasteiger partial charge is 0.367 e. The van der Waals surface area contributed by atoms with Crippen LogP contribution in [0.5, 0.6) is 0 Å². The molecule has 1 unspecified atom stereocenters. The summed E-state index contributed by atoms with van der Waals surface area (Å²) in [5.74, 6) is 0.642. The molecule has 146 valence electrons. The summed E-state index contributed by atoms with van der Waals surface area (Å²) in [6.07, 6.45) is 3.95. The average molecular weight is 390 g/mol.